The van der Waals surface area contributed by atoms with Crippen LogP contribution in [-0.4, -0.2) is 40.9 Å². The van der Waals surface area contributed by atoms with Crippen molar-refractivity contribution in [1.82, 2.24) is 5.32 Å². The summed E-state index contributed by atoms with van der Waals surface area (Å²) in [5, 5.41) is 11.6. The molecule has 0 saturated heterocycles. The summed E-state index contributed by atoms with van der Waals surface area (Å²) >= 11 is 0. The molecule has 7 heteroatoms. The number of carbonyl (C=O) groups excluding carboxylic acids is 2. The van der Waals surface area contributed by atoms with Crippen LogP contribution in [0.15, 0.2) is 12.2 Å². The van der Waals surface area contributed by atoms with Gasteiger partial charge in [0.15, 0.2) is 0 Å². The quantitative estimate of drug-likeness (QED) is 0.602. The molecule has 0 fully saturated rings. The lowest BCUT2D eigenvalue weighted by Gasteiger charge is -2.24. The molecule has 1 rings (SSSR count). The van der Waals surface area contributed by atoms with Gasteiger partial charge in [-0.3, -0.25) is 4.79 Å². The number of carbonyl (C=O) groups is 3. The van der Waals surface area contributed by atoms with Crippen LogP contribution in [0.25, 0.3) is 0 Å². The van der Waals surface area contributed by atoms with Crippen LogP contribution in [0.4, 0.5) is 4.79 Å². The lowest BCUT2D eigenvalue weighted by Crippen LogP contribution is -2.47. The van der Waals surface area contributed by atoms with E-state index in [9.17, 15) is 19.5 Å². The Morgan fingerprint density at radius 2 is 1.90 bits per heavy atom. The monoisotopic (exact) mass is 299 g/mol. The topological polar surface area (TPSA) is 102 Å². The molecule has 0 unspecified atom stereocenters. The van der Waals surface area contributed by atoms with Crippen molar-refractivity contribution in [2.45, 2.75) is 51.9 Å². The van der Waals surface area contributed by atoms with Crippen molar-refractivity contribution in [2.75, 3.05) is 0 Å². The SMILES string of the molecule is CC(=O)O[C@H]1C=C[C@H]([C@@H](NC(=O)OC(C)(C)C)C(=O)O)C1. The number of hydrogen-bond donors (Lipinski definition) is 2. The van der Waals surface area contributed by atoms with Crippen molar-refractivity contribution < 1.29 is 29.0 Å². The Hall–Kier alpha value is -2.05. The minimum absolute atomic E-state index is 0.312. The third-order valence-electron chi connectivity index (χ3n) is 2.76. The predicted octanol–water partition coefficient (Wildman–Crippen LogP) is 1.47. The highest BCUT2D eigenvalue weighted by atomic mass is 16.6. The van der Waals surface area contributed by atoms with E-state index in [-0.39, 0.29) is 0 Å². The highest BCUT2D eigenvalue weighted by Gasteiger charge is 2.34. The minimum Gasteiger partial charge on any atom is -0.480 e. The molecule has 118 valence electrons. The van der Waals surface area contributed by atoms with Gasteiger partial charge in [-0.15, -0.1) is 0 Å². The van der Waals surface area contributed by atoms with Gasteiger partial charge in [-0.25, -0.2) is 9.59 Å². The summed E-state index contributed by atoms with van der Waals surface area (Å²) in [4.78, 5) is 33.9. The maximum atomic E-state index is 11.7. The zero-order valence-corrected chi connectivity index (χ0v) is 12.6. The van der Waals surface area contributed by atoms with Gasteiger partial charge < -0.3 is 19.9 Å². The molecule has 0 saturated carbocycles. The van der Waals surface area contributed by atoms with Gasteiger partial charge in [-0.05, 0) is 33.3 Å². The van der Waals surface area contributed by atoms with E-state index in [2.05, 4.69) is 5.32 Å². The molecule has 0 aromatic carbocycles. The molecule has 1 aliphatic rings. The Labute approximate surface area is 123 Å². The summed E-state index contributed by atoms with van der Waals surface area (Å²) in [6, 6.07) is -1.13. The number of carboxylic acids is 1. The van der Waals surface area contributed by atoms with E-state index in [4.69, 9.17) is 9.47 Å². The largest absolute Gasteiger partial charge is 0.480 e. The van der Waals surface area contributed by atoms with Crippen LogP contribution >= 0.6 is 0 Å². The van der Waals surface area contributed by atoms with Crippen molar-refractivity contribution in [3.8, 4) is 0 Å². The van der Waals surface area contributed by atoms with E-state index < -0.39 is 41.7 Å². The predicted molar refractivity (Wildman–Crippen MR) is 73.6 cm³/mol. The summed E-state index contributed by atoms with van der Waals surface area (Å²) in [7, 11) is 0. The first-order valence-corrected chi connectivity index (χ1v) is 6.66. The van der Waals surface area contributed by atoms with Crippen molar-refractivity contribution in [1.29, 1.82) is 0 Å². The molecular weight excluding hydrogens is 278 g/mol. The molecule has 1 amide bonds. The van der Waals surface area contributed by atoms with Gasteiger partial charge in [0.05, 0.1) is 0 Å². The Morgan fingerprint density at radius 1 is 1.29 bits per heavy atom. The van der Waals surface area contributed by atoms with Gasteiger partial charge in [0.2, 0.25) is 0 Å². The number of esters is 1. The standard InChI is InChI=1S/C14H21NO6/c1-8(16)20-10-6-5-9(7-10)11(12(17)18)15-13(19)21-14(2,3)4/h5-6,9-11H,7H2,1-4H3,(H,15,19)(H,17,18)/t9-,10-,11+/m0/s1. The van der Waals surface area contributed by atoms with E-state index in [0.717, 1.165) is 0 Å². The van der Waals surface area contributed by atoms with Gasteiger partial charge in [0.1, 0.15) is 17.7 Å². The first-order chi connectivity index (χ1) is 9.58. The summed E-state index contributed by atoms with van der Waals surface area (Å²) in [5.41, 5.74) is -0.709. The number of amides is 1. The number of carboxylic acid groups (broad SMARTS) is 1. The highest BCUT2D eigenvalue weighted by Crippen LogP contribution is 2.24. The van der Waals surface area contributed by atoms with Crippen LogP contribution in [0.2, 0.25) is 0 Å². The number of alkyl carbamates (subject to hydrolysis) is 1. The van der Waals surface area contributed by atoms with Crippen LogP contribution in [0.5, 0.6) is 0 Å². The van der Waals surface area contributed by atoms with Crippen LogP contribution < -0.4 is 5.32 Å². The molecular formula is C14H21NO6. The Morgan fingerprint density at radius 3 is 2.38 bits per heavy atom. The third kappa shape index (κ3) is 5.85. The lowest BCUT2D eigenvalue weighted by atomic mass is 9.99. The third-order valence-corrected chi connectivity index (χ3v) is 2.76. The minimum atomic E-state index is -1.17. The molecule has 0 spiro atoms. The maximum absolute atomic E-state index is 11.7. The molecule has 2 N–H and O–H groups in total. The molecule has 3 atom stereocenters. The second-order valence-corrected chi connectivity index (χ2v) is 5.89. The Balaban J connectivity index is 2.64. The highest BCUT2D eigenvalue weighted by molar-refractivity contribution is 5.80. The number of hydrogen-bond acceptors (Lipinski definition) is 5. The molecule has 0 bridgehead atoms. The molecule has 0 heterocycles. The van der Waals surface area contributed by atoms with E-state index in [1.165, 1.54) is 6.92 Å². The second kappa shape index (κ2) is 6.60. The van der Waals surface area contributed by atoms with E-state index >= 15 is 0 Å². The molecule has 21 heavy (non-hydrogen) atoms. The van der Waals surface area contributed by atoms with Crippen molar-refractivity contribution in [2.24, 2.45) is 5.92 Å². The first-order valence-electron chi connectivity index (χ1n) is 6.66. The molecule has 7 nitrogen and oxygen atoms in total. The smallest absolute Gasteiger partial charge is 0.408 e. The summed E-state index contributed by atoms with van der Waals surface area (Å²) < 4.78 is 10.0. The average Bonchev–Trinajstić information content (AvgIpc) is 2.70. The number of nitrogens with one attached hydrogen (secondary N) is 1. The second-order valence-electron chi connectivity index (χ2n) is 5.89. The van der Waals surface area contributed by atoms with Crippen molar-refractivity contribution in [3.05, 3.63) is 12.2 Å². The van der Waals surface area contributed by atoms with Crippen molar-refractivity contribution >= 4 is 18.0 Å². The zero-order chi connectivity index (χ0) is 16.2. The van der Waals surface area contributed by atoms with Gasteiger partial charge in [0.25, 0.3) is 0 Å². The van der Waals surface area contributed by atoms with Crippen LogP contribution in [0.3, 0.4) is 0 Å². The van der Waals surface area contributed by atoms with Crippen molar-refractivity contribution in [3.63, 3.8) is 0 Å². The first kappa shape index (κ1) is 17.0. The summed E-state index contributed by atoms with van der Waals surface area (Å²) in [5.74, 6) is -2.06. The number of rotatable bonds is 4. The van der Waals surface area contributed by atoms with Gasteiger partial charge >= 0.3 is 18.0 Å². The van der Waals surface area contributed by atoms with Crippen LogP contribution in [0.1, 0.15) is 34.1 Å². The fourth-order valence-corrected chi connectivity index (χ4v) is 2.03. The normalized spacial score (nSPS) is 22.5. The Kier molecular flexibility index (Phi) is 5.34. The van der Waals surface area contributed by atoms with Gasteiger partial charge in [0, 0.05) is 12.8 Å². The number of aliphatic carboxylic acids is 1. The Bertz CT molecular complexity index is 451. The summed E-state index contributed by atoms with van der Waals surface area (Å²) in [6.07, 6.45) is 2.31. The van der Waals surface area contributed by atoms with E-state index in [1.807, 2.05) is 0 Å². The zero-order valence-electron chi connectivity index (χ0n) is 12.6. The maximum Gasteiger partial charge on any atom is 0.408 e. The molecule has 0 aliphatic heterocycles. The average molecular weight is 299 g/mol. The number of ether oxygens (including phenoxy) is 2. The summed E-state index contributed by atoms with van der Waals surface area (Å²) in [6.45, 7) is 6.35. The van der Waals surface area contributed by atoms with Crippen LogP contribution in [-0.2, 0) is 19.1 Å². The fourth-order valence-electron chi connectivity index (χ4n) is 2.03. The van der Waals surface area contributed by atoms with Gasteiger partial charge in [-0.1, -0.05) is 6.08 Å². The van der Waals surface area contributed by atoms with Crippen LogP contribution in [0, 0.1) is 5.92 Å². The molecule has 1 aliphatic carbocycles. The van der Waals surface area contributed by atoms with E-state index in [0.29, 0.717) is 6.42 Å². The molecule has 0 aromatic heterocycles. The van der Waals surface area contributed by atoms with E-state index in [1.54, 1.807) is 32.9 Å². The molecule has 0 aromatic rings. The lowest BCUT2D eigenvalue weighted by molar-refractivity contribution is -0.144. The van der Waals surface area contributed by atoms with Gasteiger partial charge in [-0.2, -0.15) is 0 Å². The fraction of sp³-hybridized carbons (Fsp3) is 0.643. The molecule has 0 radical (unpaired) electrons.